The van der Waals surface area contributed by atoms with Crippen LogP contribution < -0.4 is 10.0 Å². The normalized spacial score (nSPS) is 12.8. The van der Waals surface area contributed by atoms with Gasteiger partial charge in [0.05, 0.1) is 4.90 Å². The molecule has 2 N–H and O–H groups in total. The molecule has 7 heteroatoms. The molecule has 142 valence electrons. The minimum Gasteiger partial charge on any atom is -0.351 e. The molecule has 3 aromatic rings. The predicted molar refractivity (Wildman–Crippen MR) is 106 cm³/mol. The summed E-state index contributed by atoms with van der Waals surface area (Å²) in [6.45, 7) is 2.11. The van der Waals surface area contributed by atoms with E-state index in [-0.39, 0.29) is 23.4 Å². The second kappa shape index (κ2) is 7.94. The number of fused-ring (bicyclic) bond motifs is 1. The minimum atomic E-state index is -3.53. The summed E-state index contributed by atoms with van der Waals surface area (Å²) in [6.07, 6.45) is 2.41. The fourth-order valence-electron chi connectivity index (χ4n) is 2.97. The van der Waals surface area contributed by atoms with E-state index < -0.39 is 10.0 Å². The van der Waals surface area contributed by atoms with Crippen LogP contribution in [0.15, 0.2) is 65.7 Å². The van der Waals surface area contributed by atoms with Gasteiger partial charge in [-0.3, -0.25) is 4.79 Å². The number of hydrogen-bond donors (Lipinski definition) is 2. The Morgan fingerprint density at radius 3 is 2.56 bits per heavy atom. The Balaban J connectivity index is 1.58. The van der Waals surface area contributed by atoms with Gasteiger partial charge < -0.3 is 9.88 Å². The summed E-state index contributed by atoms with van der Waals surface area (Å²) in [7, 11) is -1.59. The van der Waals surface area contributed by atoms with Crippen molar-refractivity contribution in [3.8, 4) is 0 Å². The molecule has 0 unspecified atom stereocenters. The third-order valence-corrected chi connectivity index (χ3v) is 5.95. The van der Waals surface area contributed by atoms with Gasteiger partial charge in [-0.1, -0.05) is 24.3 Å². The molecule has 1 aromatic heterocycles. The van der Waals surface area contributed by atoms with Crippen molar-refractivity contribution in [2.24, 2.45) is 7.05 Å². The molecule has 1 amide bonds. The van der Waals surface area contributed by atoms with Crippen LogP contribution in [0.25, 0.3) is 10.9 Å². The van der Waals surface area contributed by atoms with Gasteiger partial charge in [0.25, 0.3) is 5.91 Å². The summed E-state index contributed by atoms with van der Waals surface area (Å²) in [4.78, 5) is 12.8. The maximum absolute atomic E-state index is 12.6. The van der Waals surface area contributed by atoms with Crippen LogP contribution >= 0.6 is 0 Å². The zero-order chi connectivity index (χ0) is 19.4. The fraction of sp³-hybridized carbons (Fsp3) is 0.250. The largest absolute Gasteiger partial charge is 0.351 e. The molecule has 0 aliphatic heterocycles. The Labute approximate surface area is 159 Å². The highest BCUT2D eigenvalue weighted by atomic mass is 32.2. The molecule has 0 radical (unpaired) electrons. The van der Waals surface area contributed by atoms with Gasteiger partial charge in [0.1, 0.15) is 0 Å². The molecule has 0 saturated carbocycles. The molecule has 1 heterocycles. The number of aryl methyl sites for hydroxylation is 1. The van der Waals surface area contributed by atoms with Gasteiger partial charge >= 0.3 is 0 Å². The Morgan fingerprint density at radius 1 is 1.07 bits per heavy atom. The molecule has 0 saturated heterocycles. The van der Waals surface area contributed by atoms with E-state index in [1.54, 1.807) is 36.4 Å². The van der Waals surface area contributed by atoms with Crippen molar-refractivity contribution in [3.63, 3.8) is 0 Å². The van der Waals surface area contributed by atoms with E-state index >= 15 is 0 Å². The molecular formula is C20H23N3O3S. The van der Waals surface area contributed by atoms with Crippen molar-refractivity contribution in [1.29, 1.82) is 0 Å². The maximum Gasteiger partial charge on any atom is 0.252 e. The molecule has 0 aliphatic carbocycles. The van der Waals surface area contributed by atoms with Gasteiger partial charge in [-0.25, -0.2) is 13.1 Å². The number of nitrogens with zero attached hydrogens (tertiary/aromatic N) is 1. The van der Waals surface area contributed by atoms with E-state index in [1.807, 2.05) is 42.9 Å². The number of benzene rings is 2. The summed E-state index contributed by atoms with van der Waals surface area (Å²) >= 11 is 0. The first-order chi connectivity index (χ1) is 12.9. The van der Waals surface area contributed by atoms with Crippen LogP contribution in [0.1, 0.15) is 23.7 Å². The number of aromatic nitrogens is 1. The van der Waals surface area contributed by atoms with Crippen molar-refractivity contribution < 1.29 is 13.2 Å². The highest BCUT2D eigenvalue weighted by molar-refractivity contribution is 7.89. The number of sulfonamides is 1. The average molecular weight is 385 g/mol. The van der Waals surface area contributed by atoms with E-state index in [1.165, 1.54) is 0 Å². The van der Waals surface area contributed by atoms with Crippen LogP contribution in [0, 0.1) is 0 Å². The van der Waals surface area contributed by atoms with Gasteiger partial charge in [-0.15, -0.1) is 0 Å². The quantitative estimate of drug-likeness (QED) is 0.656. The molecular weight excluding hydrogens is 362 g/mol. The van der Waals surface area contributed by atoms with Crippen LogP contribution in [0.2, 0.25) is 0 Å². The van der Waals surface area contributed by atoms with Crippen LogP contribution in [0.5, 0.6) is 0 Å². The zero-order valence-corrected chi connectivity index (χ0v) is 16.2. The summed E-state index contributed by atoms with van der Waals surface area (Å²) in [6, 6.07) is 15.6. The van der Waals surface area contributed by atoms with E-state index in [2.05, 4.69) is 10.0 Å². The van der Waals surface area contributed by atoms with Crippen LogP contribution in [0.3, 0.4) is 0 Å². The van der Waals surface area contributed by atoms with Crippen molar-refractivity contribution >= 4 is 26.8 Å². The average Bonchev–Trinajstić information content (AvgIpc) is 3.03. The molecule has 0 spiro atoms. The molecule has 0 aliphatic rings. The van der Waals surface area contributed by atoms with E-state index in [9.17, 15) is 13.2 Å². The van der Waals surface area contributed by atoms with Crippen LogP contribution in [-0.2, 0) is 17.1 Å². The van der Waals surface area contributed by atoms with Gasteiger partial charge in [0.2, 0.25) is 10.0 Å². The first-order valence-electron chi connectivity index (χ1n) is 8.78. The zero-order valence-electron chi connectivity index (χ0n) is 15.3. The van der Waals surface area contributed by atoms with Gasteiger partial charge in [0.15, 0.2) is 0 Å². The summed E-state index contributed by atoms with van der Waals surface area (Å²) < 4.78 is 28.9. The van der Waals surface area contributed by atoms with Gasteiger partial charge in [-0.05, 0) is 43.7 Å². The van der Waals surface area contributed by atoms with E-state index in [4.69, 9.17) is 0 Å². The summed E-state index contributed by atoms with van der Waals surface area (Å²) in [5, 5.41) is 3.84. The predicted octanol–water partition coefficient (Wildman–Crippen LogP) is 2.67. The second-order valence-corrected chi connectivity index (χ2v) is 8.31. The number of carbonyl (C=O) groups excluding carboxylic acids is 1. The molecule has 6 nitrogen and oxygen atoms in total. The van der Waals surface area contributed by atoms with Crippen molar-refractivity contribution in [2.45, 2.75) is 24.3 Å². The number of nitrogens with one attached hydrogen (secondary N) is 2. The van der Waals surface area contributed by atoms with Crippen molar-refractivity contribution in [3.05, 3.63) is 66.4 Å². The Kier molecular flexibility index (Phi) is 5.62. The molecule has 0 fully saturated rings. The molecule has 27 heavy (non-hydrogen) atoms. The van der Waals surface area contributed by atoms with Crippen LogP contribution in [0.4, 0.5) is 0 Å². The number of hydrogen-bond acceptors (Lipinski definition) is 3. The fourth-order valence-corrected chi connectivity index (χ4v) is 4.04. The number of carbonyl (C=O) groups is 1. The Hall–Kier alpha value is -2.64. The minimum absolute atomic E-state index is 0.162. The smallest absolute Gasteiger partial charge is 0.252 e. The topological polar surface area (TPSA) is 80.2 Å². The maximum atomic E-state index is 12.6. The Morgan fingerprint density at radius 2 is 1.81 bits per heavy atom. The highest BCUT2D eigenvalue weighted by Gasteiger charge is 2.16. The van der Waals surface area contributed by atoms with Crippen molar-refractivity contribution in [2.75, 3.05) is 6.54 Å². The third-order valence-electron chi connectivity index (χ3n) is 4.47. The molecule has 3 rings (SSSR count). The summed E-state index contributed by atoms with van der Waals surface area (Å²) in [5.74, 6) is -0.162. The highest BCUT2D eigenvalue weighted by Crippen LogP contribution is 2.19. The lowest BCUT2D eigenvalue weighted by molar-refractivity contribution is 0.0940. The lowest BCUT2D eigenvalue weighted by atomic mass is 10.1. The standard InChI is InChI=1S/C20H23N3O3S/c1-15(11-13-21-27(25,26)16-7-4-3-5-8-16)22-20(24)18-9-6-10-19-17(18)12-14-23(19)2/h3-10,12,14-15,21H,11,13H2,1-2H3,(H,22,24)/t15-/m1/s1. The first-order valence-corrected chi connectivity index (χ1v) is 10.3. The lowest BCUT2D eigenvalue weighted by Crippen LogP contribution is -2.36. The Bertz CT molecular complexity index is 1040. The number of amides is 1. The lowest BCUT2D eigenvalue weighted by Gasteiger charge is -2.15. The third kappa shape index (κ3) is 4.37. The van der Waals surface area contributed by atoms with E-state index in [0.29, 0.717) is 12.0 Å². The number of rotatable bonds is 7. The molecule has 1 atom stereocenters. The first kappa shape index (κ1) is 19.1. The SMILES string of the molecule is C[C@H](CCNS(=O)(=O)c1ccccc1)NC(=O)c1cccc2c1ccn2C. The van der Waals surface area contributed by atoms with E-state index in [0.717, 1.165) is 10.9 Å². The van der Waals surface area contributed by atoms with Gasteiger partial charge in [0, 0.05) is 42.3 Å². The van der Waals surface area contributed by atoms with Crippen molar-refractivity contribution in [1.82, 2.24) is 14.6 Å². The summed E-state index contributed by atoms with van der Waals surface area (Å²) in [5.41, 5.74) is 1.61. The molecule has 0 bridgehead atoms. The monoisotopic (exact) mass is 385 g/mol. The second-order valence-electron chi connectivity index (χ2n) is 6.54. The van der Waals surface area contributed by atoms with Crippen LogP contribution in [-0.4, -0.2) is 31.5 Å². The molecule has 2 aromatic carbocycles. The van der Waals surface area contributed by atoms with Gasteiger partial charge in [-0.2, -0.15) is 0 Å².